The van der Waals surface area contributed by atoms with Crippen LogP contribution in [0.15, 0.2) is 79.4 Å². The lowest BCUT2D eigenvalue weighted by molar-refractivity contribution is 0.00212. The van der Waals surface area contributed by atoms with Crippen molar-refractivity contribution in [3.63, 3.8) is 0 Å². The van der Waals surface area contributed by atoms with E-state index >= 15 is 0 Å². The van der Waals surface area contributed by atoms with Crippen LogP contribution in [0.25, 0.3) is 21.5 Å². The van der Waals surface area contributed by atoms with Gasteiger partial charge in [-0.2, -0.15) is 10.0 Å². The molecule has 6 rings (SSSR count). The maximum absolute atomic E-state index is 13.6. The van der Waals surface area contributed by atoms with Crippen LogP contribution >= 0.6 is 0 Å². The fourth-order valence-corrected chi connectivity index (χ4v) is 4.80. The van der Waals surface area contributed by atoms with Gasteiger partial charge in [0.05, 0.1) is 22.3 Å². The molecule has 34 heavy (non-hydrogen) atoms. The summed E-state index contributed by atoms with van der Waals surface area (Å²) in [5, 5.41) is 7.00. The van der Waals surface area contributed by atoms with E-state index in [2.05, 4.69) is 11.9 Å². The second-order valence-electron chi connectivity index (χ2n) is 8.11. The van der Waals surface area contributed by atoms with Crippen LogP contribution < -0.4 is 5.32 Å². The molecular weight excluding hydrogens is 430 g/mol. The molecule has 0 aromatic heterocycles. The van der Waals surface area contributed by atoms with Crippen molar-refractivity contribution in [2.45, 2.75) is 0 Å². The van der Waals surface area contributed by atoms with Crippen LogP contribution in [0.3, 0.4) is 0 Å². The molecule has 4 aromatic rings. The Kier molecular flexibility index (Phi) is 4.16. The Hall–Kier alpha value is -4.78. The molecule has 0 spiro atoms. The van der Waals surface area contributed by atoms with Gasteiger partial charge in [-0.05, 0) is 35.7 Å². The van der Waals surface area contributed by atoms with E-state index in [1.807, 2.05) is 18.2 Å². The Balaban J connectivity index is 1.52. The molecule has 0 radical (unpaired) electrons. The van der Waals surface area contributed by atoms with Crippen LogP contribution in [-0.4, -0.2) is 40.2 Å². The molecule has 2 aliphatic rings. The highest BCUT2D eigenvalue weighted by molar-refractivity contribution is 6.31. The molecule has 0 atom stereocenters. The van der Waals surface area contributed by atoms with E-state index < -0.39 is 23.6 Å². The summed E-state index contributed by atoms with van der Waals surface area (Å²) in [7, 11) is 0. The van der Waals surface area contributed by atoms with Crippen molar-refractivity contribution in [1.82, 2.24) is 10.0 Å². The van der Waals surface area contributed by atoms with Crippen molar-refractivity contribution < 1.29 is 19.2 Å². The second kappa shape index (κ2) is 7.11. The molecule has 0 saturated heterocycles. The predicted molar refractivity (Wildman–Crippen MR) is 128 cm³/mol. The number of rotatable bonds is 4. The third kappa shape index (κ3) is 2.52. The number of hydrogen-bond acceptors (Lipinski definition) is 5. The topological polar surface area (TPSA) is 86.8 Å². The second-order valence-corrected chi connectivity index (χ2v) is 8.11. The molecule has 0 aliphatic carbocycles. The van der Waals surface area contributed by atoms with Crippen molar-refractivity contribution in [2.24, 2.45) is 0 Å². The first kappa shape index (κ1) is 19.9. The molecule has 4 aromatic carbocycles. The number of carbonyl (C=O) groups excluding carboxylic acids is 4. The zero-order valence-electron chi connectivity index (χ0n) is 17.9. The molecule has 1 N–H and O–H groups in total. The van der Waals surface area contributed by atoms with E-state index in [1.165, 1.54) is 0 Å². The maximum Gasteiger partial charge on any atom is 0.281 e. The zero-order chi connectivity index (χ0) is 23.6. The van der Waals surface area contributed by atoms with Crippen molar-refractivity contribution in [2.75, 3.05) is 11.9 Å². The summed E-state index contributed by atoms with van der Waals surface area (Å²) in [6.07, 6.45) is 1.71. The minimum Gasteiger partial charge on any atom is -0.381 e. The quantitative estimate of drug-likeness (QED) is 0.370. The van der Waals surface area contributed by atoms with Crippen molar-refractivity contribution in [3.8, 4) is 0 Å². The van der Waals surface area contributed by atoms with Gasteiger partial charge < -0.3 is 5.32 Å². The summed E-state index contributed by atoms with van der Waals surface area (Å²) in [4.78, 5) is 54.2. The third-order valence-electron chi connectivity index (χ3n) is 6.27. The van der Waals surface area contributed by atoms with Crippen molar-refractivity contribution in [3.05, 3.63) is 102 Å². The Morgan fingerprint density at radius 2 is 1.15 bits per heavy atom. The van der Waals surface area contributed by atoms with Gasteiger partial charge in [0.1, 0.15) is 0 Å². The third-order valence-corrected chi connectivity index (χ3v) is 6.27. The number of hydrazine groups is 1. The molecule has 164 valence electrons. The summed E-state index contributed by atoms with van der Waals surface area (Å²) in [5.74, 6) is -2.87. The van der Waals surface area contributed by atoms with Crippen LogP contribution in [0.4, 0.5) is 5.69 Å². The van der Waals surface area contributed by atoms with E-state index in [-0.39, 0.29) is 22.3 Å². The summed E-state index contributed by atoms with van der Waals surface area (Å²) < 4.78 is 0. The first-order valence-corrected chi connectivity index (χ1v) is 10.7. The highest BCUT2D eigenvalue weighted by Crippen LogP contribution is 2.37. The van der Waals surface area contributed by atoms with Crippen LogP contribution in [-0.2, 0) is 0 Å². The number of benzene rings is 4. The molecule has 0 bridgehead atoms. The predicted octanol–water partition coefficient (Wildman–Crippen LogP) is 4.40. The molecule has 0 saturated carbocycles. The summed E-state index contributed by atoms with van der Waals surface area (Å²) in [6, 6.07) is 18.7. The average Bonchev–Trinajstić information content (AvgIpc) is 2.86. The fraction of sp³-hybridized carbons (Fsp3) is 0.0370. The zero-order valence-corrected chi connectivity index (χ0v) is 17.9. The Bertz CT molecular complexity index is 1550. The van der Waals surface area contributed by atoms with Gasteiger partial charge in [-0.1, -0.05) is 42.5 Å². The molecule has 2 heterocycles. The standard InChI is InChI=1S/C27H17N3O4/c1-2-14-28-21-13-12-20-23-16(21)8-5-11-19(23)26(33)30(27(20)34)29-24(31)17-9-3-6-15-7-4-10-18(22(15)17)25(29)32/h2-13,28H,1,14H2. The minimum absolute atomic E-state index is 0.243. The minimum atomic E-state index is -0.725. The Morgan fingerprint density at radius 1 is 0.647 bits per heavy atom. The number of imide groups is 2. The number of nitrogens with one attached hydrogen (secondary N) is 1. The number of anilines is 1. The highest BCUT2D eigenvalue weighted by atomic mass is 16.2. The Morgan fingerprint density at radius 3 is 1.71 bits per heavy atom. The van der Waals surface area contributed by atoms with Crippen molar-refractivity contribution in [1.29, 1.82) is 0 Å². The van der Waals surface area contributed by atoms with Gasteiger partial charge in [-0.25, -0.2) is 0 Å². The molecule has 0 unspecified atom stereocenters. The number of carbonyl (C=O) groups is 4. The Labute approximate surface area is 193 Å². The normalized spacial score (nSPS) is 14.8. The molecule has 7 heteroatoms. The van der Waals surface area contributed by atoms with E-state index in [0.29, 0.717) is 32.7 Å². The first-order valence-electron chi connectivity index (χ1n) is 10.7. The lowest BCUT2D eigenvalue weighted by Crippen LogP contribution is -2.58. The van der Waals surface area contributed by atoms with Gasteiger partial charge >= 0.3 is 0 Å². The van der Waals surface area contributed by atoms with Crippen LogP contribution in [0.1, 0.15) is 41.4 Å². The summed E-state index contributed by atoms with van der Waals surface area (Å²) in [6.45, 7) is 4.21. The lowest BCUT2D eigenvalue weighted by atomic mass is 9.92. The van der Waals surface area contributed by atoms with Gasteiger partial charge in [-0.3, -0.25) is 19.2 Å². The van der Waals surface area contributed by atoms with Gasteiger partial charge in [-0.15, -0.1) is 6.58 Å². The summed E-state index contributed by atoms with van der Waals surface area (Å²) in [5.41, 5.74) is 1.77. The fourth-order valence-electron chi connectivity index (χ4n) is 4.80. The first-order chi connectivity index (χ1) is 16.5. The van der Waals surface area contributed by atoms with E-state index in [9.17, 15) is 19.2 Å². The molecule has 0 fully saturated rings. The van der Waals surface area contributed by atoms with Crippen LogP contribution in [0.2, 0.25) is 0 Å². The molecule has 2 aliphatic heterocycles. The summed E-state index contributed by atoms with van der Waals surface area (Å²) >= 11 is 0. The number of hydrogen-bond donors (Lipinski definition) is 1. The van der Waals surface area contributed by atoms with Gasteiger partial charge in [0.25, 0.3) is 23.6 Å². The van der Waals surface area contributed by atoms with E-state index in [1.54, 1.807) is 54.6 Å². The molecule has 7 nitrogen and oxygen atoms in total. The van der Waals surface area contributed by atoms with Crippen LogP contribution in [0.5, 0.6) is 0 Å². The monoisotopic (exact) mass is 447 g/mol. The van der Waals surface area contributed by atoms with Gasteiger partial charge in [0, 0.05) is 28.4 Å². The van der Waals surface area contributed by atoms with E-state index in [4.69, 9.17) is 0 Å². The van der Waals surface area contributed by atoms with E-state index in [0.717, 1.165) is 11.1 Å². The largest absolute Gasteiger partial charge is 0.381 e. The highest BCUT2D eigenvalue weighted by Gasteiger charge is 2.45. The smallest absolute Gasteiger partial charge is 0.281 e. The lowest BCUT2D eigenvalue weighted by Gasteiger charge is -2.36. The molecule has 4 amide bonds. The number of nitrogens with zero attached hydrogens (tertiary/aromatic N) is 2. The maximum atomic E-state index is 13.6. The van der Waals surface area contributed by atoms with Crippen LogP contribution in [0, 0.1) is 0 Å². The average molecular weight is 447 g/mol. The molecular formula is C27H17N3O4. The number of amides is 4. The SMILES string of the molecule is C=CCNc1ccc2c3c(cccc13)C(=O)N(N1C(=O)c3cccc4cccc(c34)C1=O)C2=O. The van der Waals surface area contributed by atoms with Gasteiger partial charge in [0.15, 0.2) is 0 Å². The van der Waals surface area contributed by atoms with Gasteiger partial charge in [0.2, 0.25) is 0 Å². The van der Waals surface area contributed by atoms with Crippen molar-refractivity contribution >= 4 is 50.9 Å².